The van der Waals surface area contributed by atoms with Crippen LogP contribution in [0.15, 0.2) is 29.7 Å². The first-order valence-electron chi connectivity index (χ1n) is 6.74. The highest BCUT2D eigenvalue weighted by molar-refractivity contribution is 8.00. The molecule has 0 fully saturated rings. The molecular formula is C14H19N5OS. The van der Waals surface area contributed by atoms with Gasteiger partial charge in [-0.25, -0.2) is 4.68 Å². The predicted molar refractivity (Wildman–Crippen MR) is 84.7 cm³/mol. The fraction of sp³-hybridized carbons (Fsp3) is 0.357. The van der Waals surface area contributed by atoms with E-state index >= 15 is 0 Å². The normalized spacial score (nSPS) is 12.1. The van der Waals surface area contributed by atoms with Gasteiger partial charge in [0.25, 0.3) is 0 Å². The Hall–Kier alpha value is -2.02. The third kappa shape index (κ3) is 3.55. The number of hydrogen-bond donors (Lipinski definition) is 2. The number of rotatable bonds is 5. The molecule has 3 N–H and O–H groups in total. The molecule has 2 rings (SSSR count). The van der Waals surface area contributed by atoms with Crippen molar-refractivity contribution >= 4 is 23.4 Å². The highest BCUT2D eigenvalue weighted by atomic mass is 32.2. The van der Waals surface area contributed by atoms with Crippen molar-refractivity contribution in [2.75, 3.05) is 11.2 Å². The van der Waals surface area contributed by atoms with Crippen LogP contribution in [0.1, 0.15) is 25.0 Å². The SMILES string of the molecule is CCc1cccc(C)c1NC(=O)[C@@H](C)Sc1nncn1N. The first kappa shape index (κ1) is 15.4. The van der Waals surface area contributed by atoms with Crippen LogP contribution in [0.4, 0.5) is 5.69 Å². The van der Waals surface area contributed by atoms with Crippen molar-refractivity contribution in [2.24, 2.45) is 0 Å². The van der Waals surface area contributed by atoms with Gasteiger partial charge in [-0.05, 0) is 31.4 Å². The summed E-state index contributed by atoms with van der Waals surface area (Å²) in [6.07, 6.45) is 2.28. The topological polar surface area (TPSA) is 85.8 Å². The van der Waals surface area contributed by atoms with Crippen LogP contribution in [-0.4, -0.2) is 26.0 Å². The van der Waals surface area contributed by atoms with Crippen LogP contribution in [-0.2, 0) is 11.2 Å². The first-order valence-corrected chi connectivity index (χ1v) is 7.62. The summed E-state index contributed by atoms with van der Waals surface area (Å²) in [6, 6.07) is 6.01. The fourth-order valence-corrected chi connectivity index (χ4v) is 2.70. The van der Waals surface area contributed by atoms with E-state index in [4.69, 9.17) is 5.84 Å². The standard InChI is InChI=1S/C14H19N5OS/c1-4-11-7-5-6-9(2)12(11)17-13(20)10(3)21-14-18-16-8-19(14)15/h5-8,10H,4,15H2,1-3H3,(H,17,20)/t10-/m1/s1. The minimum absolute atomic E-state index is 0.0769. The first-order chi connectivity index (χ1) is 10.0. The van der Waals surface area contributed by atoms with Crippen molar-refractivity contribution in [3.05, 3.63) is 35.7 Å². The van der Waals surface area contributed by atoms with Gasteiger partial charge >= 0.3 is 0 Å². The number of amides is 1. The molecule has 0 radical (unpaired) electrons. The molecular weight excluding hydrogens is 286 g/mol. The molecule has 6 nitrogen and oxygen atoms in total. The third-order valence-electron chi connectivity index (χ3n) is 3.18. The maximum absolute atomic E-state index is 12.3. The van der Waals surface area contributed by atoms with Gasteiger partial charge in [-0.15, -0.1) is 10.2 Å². The van der Waals surface area contributed by atoms with E-state index < -0.39 is 0 Å². The molecule has 1 aromatic carbocycles. The molecule has 2 aromatic rings. The molecule has 21 heavy (non-hydrogen) atoms. The van der Waals surface area contributed by atoms with Crippen molar-refractivity contribution < 1.29 is 4.79 Å². The Morgan fingerprint density at radius 1 is 1.52 bits per heavy atom. The Kier molecular flexibility index (Phi) is 4.85. The molecule has 0 saturated heterocycles. The zero-order valence-corrected chi connectivity index (χ0v) is 13.1. The van der Waals surface area contributed by atoms with Crippen LogP contribution < -0.4 is 11.2 Å². The van der Waals surface area contributed by atoms with Crippen LogP contribution in [0.5, 0.6) is 0 Å². The Bertz CT molecular complexity index is 640. The summed E-state index contributed by atoms with van der Waals surface area (Å²) in [7, 11) is 0. The van der Waals surface area contributed by atoms with Gasteiger partial charge < -0.3 is 11.2 Å². The molecule has 112 valence electrons. The quantitative estimate of drug-likeness (QED) is 0.651. The molecule has 0 saturated carbocycles. The van der Waals surface area contributed by atoms with Gasteiger partial charge in [0.2, 0.25) is 11.1 Å². The van der Waals surface area contributed by atoms with Crippen LogP contribution in [0.25, 0.3) is 0 Å². The van der Waals surface area contributed by atoms with Gasteiger partial charge in [-0.3, -0.25) is 4.79 Å². The van der Waals surface area contributed by atoms with Gasteiger partial charge in [0, 0.05) is 5.69 Å². The summed E-state index contributed by atoms with van der Waals surface area (Å²) < 4.78 is 1.31. The number of nitrogens with one attached hydrogen (secondary N) is 1. The molecule has 0 unspecified atom stereocenters. The average molecular weight is 305 g/mol. The van der Waals surface area contributed by atoms with E-state index in [2.05, 4.69) is 22.4 Å². The minimum Gasteiger partial charge on any atom is -0.336 e. The highest BCUT2D eigenvalue weighted by Crippen LogP contribution is 2.24. The summed E-state index contributed by atoms with van der Waals surface area (Å²) in [5.74, 6) is 5.57. The number of anilines is 1. The number of hydrogen-bond acceptors (Lipinski definition) is 5. The van der Waals surface area contributed by atoms with E-state index in [1.807, 2.05) is 32.0 Å². The zero-order chi connectivity index (χ0) is 15.4. The lowest BCUT2D eigenvalue weighted by atomic mass is 10.1. The number of benzene rings is 1. The van der Waals surface area contributed by atoms with E-state index in [0.29, 0.717) is 5.16 Å². The minimum atomic E-state index is -0.319. The number of aromatic nitrogens is 3. The number of para-hydroxylation sites is 1. The Balaban J connectivity index is 2.09. The molecule has 1 amide bonds. The predicted octanol–water partition coefficient (Wildman–Crippen LogP) is 1.98. The van der Waals surface area contributed by atoms with Crippen molar-refractivity contribution in [1.82, 2.24) is 14.9 Å². The molecule has 0 bridgehead atoms. The van der Waals surface area contributed by atoms with Crippen LogP contribution in [0.2, 0.25) is 0 Å². The number of carbonyl (C=O) groups is 1. The Labute approximate surface area is 128 Å². The zero-order valence-electron chi connectivity index (χ0n) is 12.3. The van der Waals surface area contributed by atoms with E-state index in [9.17, 15) is 4.79 Å². The van der Waals surface area contributed by atoms with Gasteiger partial charge in [0.1, 0.15) is 6.33 Å². The van der Waals surface area contributed by atoms with E-state index in [1.165, 1.54) is 22.8 Å². The van der Waals surface area contributed by atoms with Gasteiger partial charge in [-0.1, -0.05) is 36.9 Å². The number of thioether (sulfide) groups is 1. The molecule has 1 atom stereocenters. The third-order valence-corrected chi connectivity index (χ3v) is 4.25. The maximum Gasteiger partial charge on any atom is 0.237 e. The van der Waals surface area contributed by atoms with Crippen LogP contribution in [0.3, 0.4) is 0 Å². The van der Waals surface area contributed by atoms with Crippen LogP contribution >= 0.6 is 11.8 Å². The summed E-state index contributed by atoms with van der Waals surface area (Å²) >= 11 is 1.28. The van der Waals surface area contributed by atoms with Gasteiger partial charge in [0.05, 0.1) is 5.25 Å². The van der Waals surface area contributed by atoms with Crippen molar-refractivity contribution in [1.29, 1.82) is 0 Å². The lowest BCUT2D eigenvalue weighted by Crippen LogP contribution is -2.24. The number of nitrogen functional groups attached to an aromatic ring is 1. The number of carbonyl (C=O) groups excluding carboxylic acids is 1. The summed E-state index contributed by atoms with van der Waals surface area (Å²) in [5, 5.41) is 10.8. The van der Waals surface area contributed by atoms with Gasteiger partial charge in [-0.2, -0.15) is 0 Å². The number of aryl methyl sites for hydroxylation is 2. The molecule has 1 heterocycles. The molecule has 7 heteroatoms. The molecule has 0 aliphatic rings. The van der Waals surface area contributed by atoms with E-state index in [-0.39, 0.29) is 11.2 Å². The summed E-state index contributed by atoms with van der Waals surface area (Å²) in [6.45, 7) is 5.88. The van der Waals surface area contributed by atoms with Crippen LogP contribution in [0, 0.1) is 6.92 Å². The second-order valence-electron chi connectivity index (χ2n) is 4.73. The summed E-state index contributed by atoms with van der Waals surface area (Å²) in [5.41, 5.74) is 3.08. The molecule has 0 aliphatic carbocycles. The Morgan fingerprint density at radius 3 is 2.90 bits per heavy atom. The monoisotopic (exact) mass is 305 g/mol. The van der Waals surface area contributed by atoms with E-state index in [0.717, 1.165) is 23.2 Å². The number of nitrogens with zero attached hydrogens (tertiary/aromatic N) is 3. The molecule has 0 spiro atoms. The van der Waals surface area contributed by atoms with Crippen molar-refractivity contribution in [3.63, 3.8) is 0 Å². The highest BCUT2D eigenvalue weighted by Gasteiger charge is 2.19. The second kappa shape index (κ2) is 6.62. The Morgan fingerprint density at radius 2 is 2.29 bits per heavy atom. The lowest BCUT2D eigenvalue weighted by Gasteiger charge is -2.15. The summed E-state index contributed by atoms with van der Waals surface area (Å²) in [4.78, 5) is 12.3. The van der Waals surface area contributed by atoms with E-state index in [1.54, 1.807) is 0 Å². The average Bonchev–Trinajstić information content (AvgIpc) is 2.86. The van der Waals surface area contributed by atoms with Gasteiger partial charge in [0.15, 0.2) is 0 Å². The largest absolute Gasteiger partial charge is 0.336 e. The van der Waals surface area contributed by atoms with Crippen molar-refractivity contribution in [2.45, 2.75) is 37.6 Å². The second-order valence-corrected chi connectivity index (χ2v) is 6.04. The smallest absolute Gasteiger partial charge is 0.237 e. The van der Waals surface area contributed by atoms with Crippen molar-refractivity contribution in [3.8, 4) is 0 Å². The fourth-order valence-electron chi connectivity index (χ4n) is 1.95. The molecule has 0 aliphatic heterocycles. The molecule has 1 aromatic heterocycles. The maximum atomic E-state index is 12.3. The number of nitrogens with two attached hydrogens (primary N) is 1. The lowest BCUT2D eigenvalue weighted by molar-refractivity contribution is -0.115.